The standard InChI is InChI=1S/C90H79N4OSi2.Pt/c1-88(2,3)65-54-55-91-86(59-65)94-81-48-29-28-46-79(81)80-52-50-70(61-83(80)94)95-69-33-30-32-68(60-69)92-63-93(82-53-51-77(62-84(82)92)96(71-34-16-10-17-35-71,72-36-18-11-19-37-72)73-38-20-12-21-39-73)87-78(64-56-66(89(4,5)6)58-67(57-64)90(7,8)9)47-31-49-85(87)97(74-40-22-13-23-41-74,75-42-24-14-25-43-75)76-44-26-15-27-45-76;/h10-59,62-63H,1-9H3;/q-1;/i10D,11D,12D,13D,14D,15D,16D,17D,18D,19D,20D,21D,22D,23D,24D,25D,26D,27D,34D,35D,36D,37D,38D,39D,40D,41D,42D,43D,44D,45D;. The molecule has 3 aromatic heterocycles. The van der Waals surface area contributed by atoms with Gasteiger partial charge < -0.3 is 9.30 Å². The third-order valence-electron chi connectivity index (χ3n) is 17.7. The Morgan fingerprint density at radius 1 is 0.429 bits per heavy atom. The maximum absolute atomic E-state index is 10.3. The molecule has 0 fully saturated rings. The minimum absolute atomic E-state index is 0. The molecule has 0 amide bonds. The van der Waals surface area contributed by atoms with Gasteiger partial charge in [0, 0.05) is 60.7 Å². The number of ether oxygens (including phenoxy) is 1. The summed E-state index contributed by atoms with van der Waals surface area (Å²) in [5, 5.41) is -4.23. The van der Waals surface area contributed by atoms with Crippen LogP contribution in [0.4, 0.5) is 0 Å². The zero-order chi connectivity index (χ0) is 92.8. The summed E-state index contributed by atoms with van der Waals surface area (Å²) in [6, 6.07) is 9.31. The summed E-state index contributed by atoms with van der Waals surface area (Å²) in [5.41, 5.74) is 1.93. The number of hydrogen-bond acceptors (Lipinski definition) is 2. The fourth-order valence-corrected chi connectivity index (χ4v) is 20.7. The molecule has 0 N–H and O–H groups in total. The van der Waals surface area contributed by atoms with Crippen LogP contribution in [0.2, 0.25) is 0 Å². The Hall–Kier alpha value is -10.0. The Bertz CT molecular complexity index is 6760. The number of imidazole rings is 1. The fraction of sp³-hybridized carbons (Fsp3) is 0.133. The second-order valence-corrected chi connectivity index (χ2v) is 33.8. The van der Waals surface area contributed by atoms with Crippen LogP contribution >= 0.6 is 0 Å². The second kappa shape index (κ2) is 26.1. The van der Waals surface area contributed by atoms with Gasteiger partial charge in [0.2, 0.25) is 0 Å². The maximum Gasteiger partial charge on any atom is 0.253 e. The molecule has 0 saturated heterocycles. The molecule has 0 unspecified atom stereocenters. The SMILES string of the molecule is [2H]c1c([2H])c([2H])c([Si](c2ccc3c(c2)n(-c2[c-]c(Oc4[c-]c5c(cc4)c4ccccc4n5-c4cc(C(C)(C)C)ccn4)ccc2)c[n+]3-c2c(-c3cc(C(C)(C)C)cc(C(C)(C)C)c3)cccc2[Si](c2c([2H])c([2H])c([2H])c([2H])c2[2H])(c2c([2H])c([2H])c([2H])c([2H])c2[2H])c2c([2H])c([2H])c([2H])c([2H])c2[2H])(c2c([2H])c([2H])c([2H])c([2H])c2[2H])c2c([2H])c([2H])c([2H])c([2H])c2[2H])c([2H])c1[2H].[Pt]. The number of aromatic nitrogens is 4. The Balaban J connectivity index is 0.0000133. The molecule has 8 heteroatoms. The van der Waals surface area contributed by atoms with Crippen molar-refractivity contribution in [2.45, 2.75) is 78.6 Å². The molecule has 0 spiro atoms. The van der Waals surface area contributed by atoms with Gasteiger partial charge in [0.1, 0.15) is 11.5 Å². The minimum atomic E-state index is -6.28. The number of rotatable bonds is 14. The van der Waals surface area contributed by atoms with Crippen LogP contribution in [-0.4, -0.2) is 30.3 Å². The summed E-state index contributed by atoms with van der Waals surface area (Å²) >= 11 is 0. The van der Waals surface area contributed by atoms with Gasteiger partial charge in [-0.05, 0) is 111 Å². The molecule has 0 aliphatic heterocycles. The van der Waals surface area contributed by atoms with E-state index in [9.17, 15) is 32.9 Å². The van der Waals surface area contributed by atoms with Crippen molar-refractivity contribution >= 4 is 90.5 Å². The largest absolute Gasteiger partial charge is 0.509 e. The van der Waals surface area contributed by atoms with E-state index in [0.717, 1.165) is 21.9 Å². The minimum Gasteiger partial charge on any atom is -0.509 e. The molecule has 15 aromatic rings. The molecule has 484 valence electrons. The predicted molar refractivity (Wildman–Crippen MR) is 410 cm³/mol. The summed E-state index contributed by atoms with van der Waals surface area (Å²) in [5.74, 6) is 0.679. The van der Waals surface area contributed by atoms with Crippen molar-refractivity contribution in [1.82, 2.24) is 14.1 Å². The summed E-state index contributed by atoms with van der Waals surface area (Å²) in [6.07, 6.45) is 3.15. The first-order valence-electron chi connectivity index (χ1n) is 46.4. The van der Waals surface area contributed by atoms with E-state index in [0.29, 0.717) is 28.0 Å². The van der Waals surface area contributed by atoms with E-state index in [2.05, 4.69) is 32.9 Å². The number of pyridine rings is 1. The molecular weight excluding hydrogens is 1400 g/mol. The Morgan fingerprint density at radius 3 is 1.46 bits per heavy atom. The predicted octanol–water partition coefficient (Wildman–Crippen LogP) is 16.1. The van der Waals surface area contributed by atoms with Crippen LogP contribution in [0.3, 0.4) is 0 Å². The van der Waals surface area contributed by atoms with E-state index >= 15 is 0 Å². The second-order valence-electron chi connectivity index (χ2n) is 26.7. The average molecular weight is 1510 g/mol. The van der Waals surface area contributed by atoms with Crippen LogP contribution in [0.25, 0.3) is 61.2 Å². The van der Waals surface area contributed by atoms with E-state index < -0.39 is 245 Å². The van der Waals surface area contributed by atoms with Crippen LogP contribution < -0.4 is 50.8 Å². The third-order valence-corrected chi connectivity index (χ3v) is 26.1. The first kappa shape index (κ1) is 38.8. The molecule has 5 nitrogen and oxygen atoms in total. The third kappa shape index (κ3) is 11.6. The molecule has 0 radical (unpaired) electrons. The molecule has 0 aliphatic rings. The Kier molecular flexibility index (Phi) is 10.3. The Labute approximate surface area is 635 Å². The van der Waals surface area contributed by atoms with Crippen LogP contribution in [0.1, 0.15) is 120 Å². The maximum atomic E-state index is 10.3. The summed E-state index contributed by atoms with van der Waals surface area (Å²) in [7, 11) is -12.4. The van der Waals surface area contributed by atoms with E-state index in [1.165, 1.54) is 45.8 Å². The van der Waals surface area contributed by atoms with Gasteiger partial charge in [-0.1, -0.05) is 316 Å². The zero-order valence-electron chi connectivity index (χ0n) is 84.7. The molecule has 12 aromatic carbocycles. The molecule has 0 bridgehead atoms. The van der Waals surface area contributed by atoms with Crippen LogP contribution in [0.15, 0.2) is 315 Å². The van der Waals surface area contributed by atoms with E-state index in [1.54, 1.807) is 36.5 Å². The summed E-state index contributed by atoms with van der Waals surface area (Å²) < 4.78 is 303. The van der Waals surface area contributed by atoms with E-state index in [4.69, 9.17) is 17.9 Å². The van der Waals surface area contributed by atoms with Crippen molar-refractivity contribution in [3.63, 3.8) is 0 Å². The van der Waals surface area contributed by atoms with Gasteiger partial charge in [0.15, 0.2) is 27.2 Å². The molecule has 0 saturated carbocycles. The van der Waals surface area contributed by atoms with Gasteiger partial charge in [-0.15, -0.1) is 29.7 Å². The van der Waals surface area contributed by atoms with Gasteiger partial charge in [0.05, 0.1) is 41.1 Å². The fourth-order valence-electron chi connectivity index (χ4n) is 12.9. The molecule has 3 heterocycles. The monoisotopic (exact) mass is 1510 g/mol. The zero-order valence-corrected chi connectivity index (χ0v) is 59.0. The molecule has 0 aliphatic carbocycles. The number of benzene rings is 12. The number of hydrogen-bond donors (Lipinski definition) is 0. The quantitative estimate of drug-likeness (QED) is 0.0471. The van der Waals surface area contributed by atoms with Gasteiger partial charge >= 0.3 is 0 Å². The first-order valence-corrected chi connectivity index (χ1v) is 35.4. The Morgan fingerprint density at radius 2 is 0.929 bits per heavy atom. The van der Waals surface area contributed by atoms with Crippen molar-refractivity contribution in [1.29, 1.82) is 0 Å². The van der Waals surface area contributed by atoms with Crippen molar-refractivity contribution in [2.24, 2.45) is 0 Å². The van der Waals surface area contributed by atoms with Crippen molar-refractivity contribution < 1.29 is 71.5 Å². The van der Waals surface area contributed by atoms with Crippen LogP contribution in [0, 0.1) is 12.1 Å². The smallest absolute Gasteiger partial charge is 0.253 e. The van der Waals surface area contributed by atoms with Gasteiger partial charge in [-0.3, -0.25) is 0 Å². The van der Waals surface area contributed by atoms with Crippen LogP contribution in [0.5, 0.6) is 11.5 Å². The number of nitrogens with zero attached hydrogens (tertiary/aromatic N) is 4. The molecule has 0 atom stereocenters. The van der Waals surface area contributed by atoms with Crippen molar-refractivity contribution in [3.05, 3.63) is 344 Å². The van der Waals surface area contributed by atoms with Gasteiger partial charge in [-0.2, -0.15) is 16.7 Å². The van der Waals surface area contributed by atoms with Gasteiger partial charge in [0.25, 0.3) is 6.33 Å². The van der Waals surface area contributed by atoms with Crippen molar-refractivity contribution in [2.75, 3.05) is 0 Å². The van der Waals surface area contributed by atoms with E-state index in [-0.39, 0.29) is 71.1 Å². The summed E-state index contributed by atoms with van der Waals surface area (Å²) in [4.78, 5) is 4.85. The molecule has 98 heavy (non-hydrogen) atoms. The number of para-hydroxylation sites is 2. The van der Waals surface area contributed by atoms with E-state index in [1.807, 2.05) is 107 Å². The number of fused-ring (bicyclic) bond motifs is 4. The summed E-state index contributed by atoms with van der Waals surface area (Å²) in [6.45, 7) is 18.0. The molecular formula is C90H79N4OPtSi2-. The normalized spacial score (nSPS) is 16.5. The average Bonchev–Trinajstić information content (AvgIpc) is 0.870. The topological polar surface area (TPSA) is 35.9 Å². The first-order chi connectivity index (χ1) is 59.4. The van der Waals surface area contributed by atoms with Gasteiger partial charge in [-0.25, -0.2) is 9.55 Å². The van der Waals surface area contributed by atoms with Crippen molar-refractivity contribution in [3.8, 4) is 39.8 Å². The molecule has 15 rings (SSSR count). The van der Waals surface area contributed by atoms with Crippen LogP contribution in [-0.2, 0) is 37.3 Å².